The summed E-state index contributed by atoms with van der Waals surface area (Å²) < 4.78 is 0. The van der Waals surface area contributed by atoms with Crippen molar-refractivity contribution in [3.63, 3.8) is 0 Å². The van der Waals surface area contributed by atoms with Crippen LogP contribution in [0.5, 0.6) is 0 Å². The van der Waals surface area contributed by atoms with E-state index in [0.29, 0.717) is 0 Å². The van der Waals surface area contributed by atoms with E-state index in [2.05, 4.69) is 97.4 Å². The monoisotopic (exact) mass is 392 g/mol. The number of fused-ring (bicyclic) bond motifs is 2. The molecule has 4 heteroatoms. The van der Waals surface area contributed by atoms with Crippen LogP contribution in [-0.4, -0.2) is 17.0 Å². The molecule has 0 radical (unpaired) electrons. The van der Waals surface area contributed by atoms with Crippen molar-refractivity contribution in [3.05, 3.63) is 96.8 Å². The van der Waals surface area contributed by atoms with Gasteiger partial charge in [-0.05, 0) is 43.2 Å². The Morgan fingerprint density at radius 3 is 2.03 bits per heavy atom. The molecular weight excluding hydrogens is 368 g/mol. The SMILES string of the molecule is CN1c2cc(-c3ccccc3)ccc2C(C)(C)N(c2ccccc2)c2nccnc21. The zero-order chi connectivity index (χ0) is 20.7. The first-order valence-electron chi connectivity index (χ1n) is 10.2. The van der Waals surface area contributed by atoms with Crippen molar-refractivity contribution >= 4 is 23.0 Å². The Morgan fingerprint density at radius 2 is 1.33 bits per heavy atom. The van der Waals surface area contributed by atoms with Crippen LogP contribution in [0, 0.1) is 0 Å². The second-order valence-corrected chi connectivity index (χ2v) is 8.09. The van der Waals surface area contributed by atoms with E-state index in [1.807, 2.05) is 12.1 Å². The molecule has 1 aromatic heterocycles. The Balaban J connectivity index is 1.78. The predicted octanol–water partition coefficient (Wildman–Crippen LogP) is 6.30. The summed E-state index contributed by atoms with van der Waals surface area (Å²) in [6, 6.07) is 27.6. The third-order valence-electron chi connectivity index (χ3n) is 5.89. The van der Waals surface area contributed by atoms with E-state index in [-0.39, 0.29) is 5.54 Å². The van der Waals surface area contributed by atoms with E-state index in [1.54, 1.807) is 12.4 Å². The Labute approximate surface area is 177 Å². The topological polar surface area (TPSA) is 32.3 Å². The van der Waals surface area contributed by atoms with Crippen LogP contribution in [0.1, 0.15) is 19.4 Å². The molecule has 0 amide bonds. The van der Waals surface area contributed by atoms with Crippen LogP contribution >= 0.6 is 0 Å². The Kier molecular flexibility index (Phi) is 4.28. The molecule has 148 valence electrons. The average Bonchev–Trinajstić information content (AvgIpc) is 2.86. The van der Waals surface area contributed by atoms with Gasteiger partial charge in [0.1, 0.15) is 0 Å². The largest absolute Gasteiger partial charge is 0.326 e. The third kappa shape index (κ3) is 2.84. The molecule has 4 aromatic rings. The summed E-state index contributed by atoms with van der Waals surface area (Å²) in [6.07, 6.45) is 3.53. The summed E-state index contributed by atoms with van der Waals surface area (Å²) in [5.41, 5.74) is 5.53. The first kappa shape index (κ1) is 18.4. The molecule has 0 bridgehead atoms. The molecule has 3 aromatic carbocycles. The molecule has 0 unspecified atom stereocenters. The molecule has 0 saturated carbocycles. The van der Waals surface area contributed by atoms with Crippen molar-refractivity contribution < 1.29 is 0 Å². The molecule has 1 aliphatic rings. The molecule has 30 heavy (non-hydrogen) atoms. The van der Waals surface area contributed by atoms with Gasteiger partial charge in [0.05, 0.1) is 5.54 Å². The van der Waals surface area contributed by atoms with Crippen LogP contribution < -0.4 is 9.80 Å². The summed E-state index contributed by atoms with van der Waals surface area (Å²) in [5.74, 6) is 1.70. The first-order chi connectivity index (χ1) is 14.6. The van der Waals surface area contributed by atoms with Gasteiger partial charge in [0.25, 0.3) is 0 Å². The number of anilines is 4. The number of nitrogens with zero attached hydrogens (tertiary/aromatic N) is 4. The molecule has 4 nitrogen and oxygen atoms in total. The van der Waals surface area contributed by atoms with Crippen molar-refractivity contribution in [1.29, 1.82) is 0 Å². The maximum absolute atomic E-state index is 4.77. The highest BCUT2D eigenvalue weighted by Crippen LogP contribution is 2.49. The fourth-order valence-corrected chi connectivity index (χ4v) is 4.38. The van der Waals surface area contributed by atoms with Crippen LogP contribution in [0.25, 0.3) is 11.1 Å². The van der Waals surface area contributed by atoms with Crippen LogP contribution in [0.4, 0.5) is 23.0 Å². The van der Waals surface area contributed by atoms with Gasteiger partial charge in [-0.1, -0.05) is 60.7 Å². The Hall–Kier alpha value is -3.66. The number of aromatic nitrogens is 2. The van der Waals surface area contributed by atoms with Gasteiger partial charge >= 0.3 is 0 Å². The number of rotatable bonds is 2. The minimum Gasteiger partial charge on any atom is -0.326 e. The van der Waals surface area contributed by atoms with Crippen molar-refractivity contribution in [3.8, 4) is 11.1 Å². The summed E-state index contributed by atoms with van der Waals surface area (Å²) in [5, 5.41) is 0. The maximum Gasteiger partial charge on any atom is 0.177 e. The van der Waals surface area contributed by atoms with Crippen LogP contribution in [0.2, 0.25) is 0 Å². The van der Waals surface area contributed by atoms with Gasteiger partial charge in [-0.25, -0.2) is 9.97 Å². The summed E-state index contributed by atoms with van der Waals surface area (Å²) in [4.78, 5) is 13.9. The van der Waals surface area contributed by atoms with Gasteiger partial charge in [-0.15, -0.1) is 0 Å². The Bertz CT molecular complexity index is 1190. The van der Waals surface area contributed by atoms with Crippen molar-refractivity contribution in [1.82, 2.24) is 9.97 Å². The van der Waals surface area contributed by atoms with E-state index in [9.17, 15) is 0 Å². The van der Waals surface area contributed by atoms with Gasteiger partial charge in [0, 0.05) is 36.4 Å². The number of hydrogen-bond acceptors (Lipinski definition) is 4. The van der Waals surface area contributed by atoms with Gasteiger partial charge in [0.15, 0.2) is 11.6 Å². The average molecular weight is 393 g/mol. The first-order valence-corrected chi connectivity index (χ1v) is 10.2. The van der Waals surface area contributed by atoms with Gasteiger partial charge in [-0.2, -0.15) is 0 Å². The molecule has 0 atom stereocenters. The van der Waals surface area contributed by atoms with Crippen molar-refractivity contribution in [2.24, 2.45) is 0 Å². The smallest absolute Gasteiger partial charge is 0.177 e. The van der Waals surface area contributed by atoms with Crippen LogP contribution in [0.15, 0.2) is 91.3 Å². The standard InChI is InChI=1S/C26H24N4/c1-26(2)22-15-14-20(19-10-6-4-7-11-19)18-23(22)29(3)24-25(28-17-16-27-24)30(26)21-12-8-5-9-13-21/h4-18H,1-3H3. The number of hydrogen-bond donors (Lipinski definition) is 0. The quantitative estimate of drug-likeness (QED) is 0.401. The molecule has 5 rings (SSSR count). The van der Waals surface area contributed by atoms with E-state index < -0.39 is 0 Å². The Morgan fingerprint density at radius 1 is 0.700 bits per heavy atom. The second-order valence-electron chi connectivity index (χ2n) is 8.09. The fourth-order valence-electron chi connectivity index (χ4n) is 4.38. The second kappa shape index (κ2) is 6.99. The molecule has 0 N–H and O–H groups in total. The number of para-hydroxylation sites is 1. The highest BCUT2D eigenvalue weighted by atomic mass is 15.3. The third-order valence-corrected chi connectivity index (χ3v) is 5.89. The lowest BCUT2D eigenvalue weighted by atomic mass is 9.88. The zero-order valence-corrected chi connectivity index (χ0v) is 17.4. The lowest BCUT2D eigenvalue weighted by Crippen LogP contribution is -2.38. The highest BCUT2D eigenvalue weighted by Gasteiger charge is 2.39. The van der Waals surface area contributed by atoms with E-state index in [1.165, 1.54) is 16.7 Å². The maximum atomic E-state index is 4.77. The van der Waals surface area contributed by atoms with Crippen LogP contribution in [0.3, 0.4) is 0 Å². The molecule has 1 aliphatic heterocycles. The van der Waals surface area contributed by atoms with Gasteiger partial charge in [-0.3, -0.25) is 0 Å². The summed E-state index contributed by atoms with van der Waals surface area (Å²) in [6.45, 7) is 4.50. The van der Waals surface area contributed by atoms with E-state index in [4.69, 9.17) is 9.97 Å². The molecular formula is C26H24N4. The lowest BCUT2D eigenvalue weighted by Gasteiger charge is -2.39. The van der Waals surface area contributed by atoms with Crippen molar-refractivity contribution in [2.45, 2.75) is 19.4 Å². The van der Waals surface area contributed by atoms with E-state index >= 15 is 0 Å². The minimum absolute atomic E-state index is 0.332. The van der Waals surface area contributed by atoms with Gasteiger partial charge < -0.3 is 9.80 Å². The fraction of sp³-hybridized carbons (Fsp3) is 0.154. The zero-order valence-electron chi connectivity index (χ0n) is 17.4. The highest BCUT2D eigenvalue weighted by molar-refractivity contribution is 5.84. The molecule has 0 fully saturated rings. The molecule has 0 aliphatic carbocycles. The lowest BCUT2D eigenvalue weighted by molar-refractivity contribution is 0.536. The molecule has 2 heterocycles. The normalized spacial score (nSPS) is 14.6. The summed E-state index contributed by atoms with van der Waals surface area (Å²) in [7, 11) is 2.08. The molecule has 0 saturated heterocycles. The van der Waals surface area contributed by atoms with Crippen molar-refractivity contribution in [2.75, 3.05) is 16.8 Å². The minimum atomic E-state index is -0.332. The summed E-state index contributed by atoms with van der Waals surface area (Å²) >= 11 is 0. The van der Waals surface area contributed by atoms with Crippen LogP contribution in [-0.2, 0) is 5.54 Å². The predicted molar refractivity (Wildman–Crippen MR) is 124 cm³/mol. The molecule has 0 spiro atoms. The number of benzene rings is 3. The van der Waals surface area contributed by atoms with E-state index in [0.717, 1.165) is 23.0 Å². The van der Waals surface area contributed by atoms with Gasteiger partial charge in [0.2, 0.25) is 0 Å².